The Morgan fingerprint density at radius 1 is 0.400 bits per heavy atom. The van der Waals surface area contributed by atoms with Crippen molar-refractivity contribution in [2.24, 2.45) is 39.9 Å². The number of benzene rings is 4. The highest BCUT2D eigenvalue weighted by Gasteiger charge is 2.49. The predicted molar refractivity (Wildman–Crippen MR) is 536 cm³/mol. The van der Waals surface area contributed by atoms with Gasteiger partial charge in [-0.2, -0.15) is 13.2 Å². The van der Waals surface area contributed by atoms with Crippen LogP contribution in [0.4, 0.5) is 13.2 Å². The van der Waals surface area contributed by atoms with Gasteiger partial charge >= 0.3 is 30.1 Å². The third-order valence-electron chi connectivity index (χ3n) is 29.1. The largest absolute Gasteiger partial charge is 0.481 e. The molecule has 7 aliphatic carbocycles. The summed E-state index contributed by atoms with van der Waals surface area (Å²) in [7, 11) is 0. The van der Waals surface area contributed by atoms with E-state index in [-0.39, 0.29) is 128 Å². The quantitative estimate of drug-likeness (QED) is 0.0276. The second-order valence-corrected chi connectivity index (χ2v) is 47.1. The maximum absolute atomic E-state index is 14.2. The van der Waals surface area contributed by atoms with Crippen LogP contribution in [0.3, 0.4) is 0 Å². The van der Waals surface area contributed by atoms with E-state index in [1.54, 1.807) is 18.2 Å². The van der Waals surface area contributed by atoms with Crippen LogP contribution in [0.1, 0.15) is 435 Å². The minimum Gasteiger partial charge on any atom is -0.481 e. The van der Waals surface area contributed by atoms with Gasteiger partial charge in [0.15, 0.2) is 5.76 Å². The lowest BCUT2D eigenvalue weighted by Crippen LogP contribution is -2.31. The molecule has 4 aromatic heterocycles. The molecule has 4 unspecified atom stereocenters. The van der Waals surface area contributed by atoms with Crippen molar-refractivity contribution < 1.29 is 76.5 Å². The van der Waals surface area contributed by atoms with E-state index in [0.29, 0.717) is 118 Å². The van der Waals surface area contributed by atoms with Gasteiger partial charge in [0.25, 0.3) is 0 Å². The van der Waals surface area contributed by atoms with Gasteiger partial charge in [-0.3, -0.25) is 38.4 Å². The van der Waals surface area contributed by atoms with Gasteiger partial charge in [0, 0.05) is 146 Å². The molecule has 4 heterocycles. The second kappa shape index (κ2) is 48.4. The Morgan fingerprint density at radius 3 is 1.06 bits per heavy atom. The maximum Gasteiger partial charge on any atom is 0.421 e. The van der Waals surface area contributed by atoms with Crippen LogP contribution >= 0.6 is 34.8 Å². The molecule has 7 saturated carbocycles. The third-order valence-corrected chi connectivity index (χ3v) is 30.1. The number of carbonyl (C=O) groups is 8. The van der Waals surface area contributed by atoms with Crippen molar-refractivity contribution in [1.29, 1.82) is 0 Å². The first-order valence-corrected chi connectivity index (χ1v) is 52.3. The summed E-state index contributed by atoms with van der Waals surface area (Å²) in [4.78, 5) is 97.6. The zero-order chi connectivity index (χ0) is 102. The summed E-state index contributed by atoms with van der Waals surface area (Å²) in [5.74, 6) is -2.26. The Labute approximate surface area is 839 Å². The Morgan fingerprint density at radius 2 is 0.721 bits per heavy atom. The average molecular weight is 1990 g/mol. The molecule has 7 aliphatic rings. The average Bonchev–Trinajstić information content (AvgIpc) is 1.62. The fourth-order valence-electron chi connectivity index (χ4n) is 21.8. The molecule has 7 fully saturated rings. The molecule has 140 heavy (non-hydrogen) atoms. The molecule has 0 bridgehead atoms. The maximum atomic E-state index is 14.2. The molecule has 0 aliphatic heterocycles. The molecule has 4 atom stereocenters. The van der Waals surface area contributed by atoms with Crippen LogP contribution in [0, 0.1) is 74.5 Å². The highest BCUT2D eigenvalue weighted by molar-refractivity contribution is 6.32. The second-order valence-electron chi connectivity index (χ2n) is 45.8. The number of carboxylic acid groups (broad SMARTS) is 4. The normalized spacial score (nSPS) is 19.7. The first-order valence-electron chi connectivity index (χ1n) is 51.2. The molecule has 0 radical (unpaired) electrons. The van der Waals surface area contributed by atoms with E-state index in [1.165, 1.54) is 56.2 Å². The summed E-state index contributed by atoms with van der Waals surface area (Å²) in [5, 5.41) is 70.0. The van der Waals surface area contributed by atoms with Crippen LogP contribution in [0.15, 0.2) is 77.3 Å². The molecule has 0 amide bonds. The highest BCUT2D eigenvalue weighted by atomic mass is 35.5. The summed E-state index contributed by atoms with van der Waals surface area (Å²) in [6, 6.07) is 23.6. The fraction of sp³-hybridized carbons (Fsp3) is 0.631. The zero-order valence-electron chi connectivity index (χ0n) is 84.6. The summed E-state index contributed by atoms with van der Waals surface area (Å²) < 4.78 is 54.4. The number of hydrogen-bond donors (Lipinski definition) is 4. The van der Waals surface area contributed by atoms with Gasteiger partial charge in [0.1, 0.15) is 28.7 Å². The molecule has 762 valence electrons. The van der Waals surface area contributed by atoms with E-state index in [0.717, 1.165) is 163 Å². The number of aromatic nitrogens is 10. The number of rotatable bonds is 44. The van der Waals surface area contributed by atoms with E-state index >= 15 is 0 Å². The first-order chi connectivity index (χ1) is 66.0. The molecule has 23 nitrogen and oxygen atoms in total. The van der Waals surface area contributed by atoms with E-state index < -0.39 is 47.5 Å². The Hall–Kier alpha value is -9.27. The number of ketones is 4. The van der Waals surface area contributed by atoms with Gasteiger partial charge in [-0.1, -0.05) is 210 Å². The van der Waals surface area contributed by atoms with E-state index in [9.17, 15) is 66.8 Å². The topological polar surface area (TPSA) is 336 Å². The Balaban J connectivity index is 0.000000167. The van der Waals surface area contributed by atoms with E-state index in [2.05, 4.69) is 125 Å². The van der Waals surface area contributed by atoms with E-state index in [1.807, 2.05) is 76.2 Å². The van der Waals surface area contributed by atoms with Crippen LogP contribution in [-0.2, 0) is 76.8 Å². The van der Waals surface area contributed by atoms with Crippen molar-refractivity contribution in [3.63, 3.8) is 0 Å². The lowest BCUT2D eigenvalue weighted by atomic mass is 9.67. The van der Waals surface area contributed by atoms with Crippen LogP contribution in [0.5, 0.6) is 0 Å². The number of halogens is 6. The lowest BCUT2D eigenvalue weighted by molar-refractivity contribution is -0.140. The monoisotopic (exact) mass is 1990 g/mol. The standard InChI is InChI=1S/C29H41N3O3.C28H38ClN3O3.C27H33ClF3NO4.C27H36ClN3O3/c1-18-6-7-22(19(2)12-18)15-25(33)16-23(10-11-26(34)35)27-28(21-8-9-21)32(31-30-27)24-13-20(14-24)17-29(3,4)5;1-17-5-6-20(24(29)11-17)14-23(33)15-21(9-10-25(34)35)26-27(19-7-8-19)32(31-30-26)22-12-18(13-22)16-28(2,3)4;1-15-5-6-17(21(28)9-15)12-20(33)13-18(7-8-22(34)35)24-23(27(29,30)31)25(36-32-24)19-10-16(11-19)14-26(2,3)4;1-18-7-8-21(24(28)15-18)16-23(32)17-22(11-12-25(33)34)26-27(20-9-10-20)31(30-29-26)14-13-19-5-3-2-4-6-19/h6-7,12,20-21,23-24H,8-11,13-17H2,1-5H3,(H,34,35);5-6,11,18-19,21-22H,7-10,12-16H2,1-4H3,(H,34,35);5-6,9,16,18-19H,7-8,10-14H2,1-4H3,(H,34,35);7-8,15,19-20,22H,2-6,9-14,16-17H2,1H3,(H,33,34). The van der Waals surface area contributed by atoms with Gasteiger partial charge in [0.2, 0.25) is 0 Å². The first kappa shape index (κ1) is 110. The molecule has 8 aromatic rings. The molecule has 4 N–H and O–H groups in total. The molecular weight excluding hydrogens is 1840 g/mol. The van der Waals surface area contributed by atoms with Gasteiger partial charge in [-0.05, 0) is 266 Å². The highest BCUT2D eigenvalue weighted by Crippen LogP contribution is 2.55. The van der Waals surface area contributed by atoms with Crippen molar-refractivity contribution in [3.8, 4) is 0 Å². The lowest BCUT2D eigenvalue weighted by Gasteiger charge is -2.39. The molecule has 15 rings (SSSR count). The van der Waals surface area contributed by atoms with Crippen molar-refractivity contribution in [2.45, 2.75) is 407 Å². The number of carbonyl (C=O) groups excluding carboxylic acids is 4. The van der Waals surface area contributed by atoms with Crippen LogP contribution in [-0.4, -0.2) is 118 Å². The van der Waals surface area contributed by atoms with Crippen molar-refractivity contribution in [2.75, 3.05) is 0 Å². The predicted octanol–water partition coefficient (Wildman–Crippen LogP) is 26.9. The fourth-order valence-corrected chi connectivity index (χ4v) is 22.7. The van der Waals surface area contributed by atoms with Crippen molar-refractivity contribution in [1.82, 2.24) is 50.1 Å². The number of carboxylic acids is 4. The van der Waals surface area contributed by atoms with Crippen molar-refractivity contribution in [3.05, 3.63) is 189 Å². The minimum atomic E-state index is -4.73. The number of aryl methyl sites for hydroxylation is 6. The van der Waals surface area contributed by atoms with Crippen LogP contribution in [0.25, 0.3) is 0 Å². The Kier molecular flexibility index (Phi) is 37.9. The molecule has 4 aromatic carbocycles. The number of alkyl halides is 3. The summed E-state index contributed by atoms with van der Waals surface area (Å²) in [6.07, 6.45) is 20.8. The molecule has 0 saturated heterocycles. The van der Waals surface area contributed by atoms with Gasteiger partial charge in [0.05, 0.1) is 51.9 Å². The SMILES string of the molecule is Cc1ccc(CC(=O)CC(CCC(=O)O)c2nnn(C3CC(CC(C)(C)C)C3)c2C2CC2)c(C)c1.Cc1ccc(CC(=O)CC(CCC(=O)O)c2nnn(C3CC(CC(C)(C)C)C3)c2C2CC2)c(Cl)c1.Cc1ccc(CC(=O)CC(CCC(=O)O)c2nnn(CCC3CCCCC3)c2C2CC2)c(Cl)c1.Cc1ccc(CC(=O)CC(CCC(=O)O)c2noc(C3CC(CC(C)(C)C)C3)c2C(F)(F)F)c(Cl)c1. The summed E-state index contributed by atoms with van der Waals surface area (Å²) in [6.45, 7) is 30.8. The van der Waals surface area contributed by atoms with Crippen molar-refractivity contribution >= 4 is 81.8 Å². The number of nitrogens with zero attached hydrogens (tertiary/aromatic N) is 10. The van der Waals surface area contributed by atoms with Crippen LogP contribution in [0.2, 0.25) is 15.1 Å². The molecule has 0 spiro atoms. The van der Waals surface area contributed by atoms with Crippen LogP contribution < -0.4 is 0 Å². The minimum absolute atomic E-state index is 0.0112. The number of aliphatic carboxylic acids is 4. The zero-order valence-corrected chi connectivity index (χ0v) is 86.9. The summed E-state index contributed by atoms with van der Waals surface area (Å²) in [5.41, 5.74) is 14.0. The number of hydrogen-bond acceptors (Lipinski definition) is 16. The van der Waals surface area contributed by atoms with Gasteiger partial charge in [-0.15, -0.1) is 15.3 Å². The molecular formula is C111H148Cl3F3N10O13. The van der Waals surface area contributed by atoms with Gasteiger partial charge < -0.3 is 24.9 Å². The molecule has 29 heteroatoms. The van der Waals surface area contributed by atoms with Gasteiger partial charge in [-0.25, -0.2) is 14.0 Å². The third kappa shape index (κ3) is 32.6. The Bertz CT molecular complexity index is 5450. The summed E-state index contributed by atoms with van der Waals surface area (Å²) >= 11 is 18.9. The number of Topliss-reactive ketones (excluding diaryl/α,β-unsaturated/α-hetero) is 4. The van der Waals surface area contributed by atoms with E-state index in [4.69, 9.17) is 44.4 Å². The smallest absolute Gasteiger partial charge is 0.421 e.